The summed E-state index contributed by atoms with van der Waals surface area (Å²) in [5.41, 5.74) is 0.691. The standard InChI is InChI=1S/C15H19BrN2O3/c1-4-9(2)14-15(20)18(8-13(19)17-14)10-5-6-12(21-3)11(16)7-10/h5-7,9,14H,4,8H2,1-3H3,(H,17,19). The number of carbonyl (C=O) groups excluding carboxylic acids is 2. The van der Waals surface area contributed by atoms with Crippen molar-refractivity contribution in [2.45, 2.75) is 26.3 Å². The van der Waals surface area contributed by atoms with Crippen molar-refractivity contribution >= 4 is 33.4 Å². The van der Waals surface area contributed by atoms with Crippen molar-refractivity contribution < 1.29 is 14.3 Å². The number of rotatable bonds is 4. The molecule has 2 rings (SSSR count). The fourth-order valence-corrected chi connectivity index (χ4v) is 2.86. The molecule has 1 aliphatic heterocycles. The molecule has 1 fully saturated rings. The summed E-state index contributed by atoms with van der Waals surface area (Å²) in [6.45, 7) is 4.02. The van der Waals surface area contributed by atoms with Crippen LogP contribution >= 0.6 is 15.9 Å². The fraction of sp³-hybridized carbons (Fsp3) is 0.467. The van der Waals surface area contributed by atoms with Crippen LogP contribution in [0.4, 0.5) is 5.69 Å². The van der Waals surface area contributed by atoms with E-state index in [2.05, 4.69) is 21.2 Å². The second-order valence-corrected chi connectivity index (χ2v) is 6.03. The lowest BCUT2D eigenvalue weighted by atomic mass is 9.96. The molecule has 0 aliphatic carbocycles. The molecule has 2 amide bonds. The molecule has 0 radical (unpaired) electrons. The number of amides is 2. The largest absolute Gasteiger partial charge is 0.496 e. The average Bonchev–Trinajstić information content (AvgIpc) is 2.48. The molecule has 1 aliphatic rings. The van der Waals surface area contributed by atoms with Crippen molar-refractivity contribution in [3.05, 3.63) is 22.7 Å². The van der Waals surface area contributed by atoms with E-state index in [0.29, 0.717) is 11.4 Å². The van der Waals surface area contributed by atoms with Crippen molar-refractivity contribution in [1.82, 2.24) is 5.32 Å². The predicted molar refractivity (Wildman–Crippen MR) is 84.4 cm³/mol. The van der Waals surface area contributed by atoms with E-state index in [1.54, 1.807) is 25.3 Å². The van der Waals surface area contributed by atoms with Crippen LogP contribution in [0.5, 0.6) is 5.75 Å². The van der Waals surface area contributed by atoms with Gasteiger partial charge in [0, 0.05) is 5.69 Å². The highest BCUT2D eigenvalue weighted by Gasteiger charge is 2.36. The van der Waals surface area contributed by atoms with Gasteiger partial charge in [-0.25, -0.2) is 0 Å². The van der Waals surface area contributed by atoms with Gasteiger partial charge in [0.15, 0.2) is 0 Å². The zero-order chi connectivity index (χ0) is 15.6. The molecule has 1 heterocycles. The first-order valence-electron chi connectivity index (χ1n) is 6.92. The summed E-state index contributed by atoms with van der Waals surface area (Å²) >= 11 is 3.40. The molecule has 2 unspecified atom stereocenters. The monoisotopic (exact) mass is 354 g/mol. The van der Waals surface area contributed by atoms with Crippen LogP contribution in [0.25, 0.3) is 0 Å². The maximum Gasteiger partial charge on any atom is 0.250 e. The molecule has 1 saturated heterocycles. The second kappa shape index (κ2) is 6.47. The number of piperazine rings is 1. The van der Waals surface area contributed by atoms with E-state index in [9.17, 15) is 9.59 Å². The van der Waals surface area contributed by atoms with Gasteiger partial charge in [0.2, 0.25) is 11.8 Å². The minimum absolute atomic E-state index is 0.0462. The van der Waals surface area contributed by atoms with Gasteiger partial charge in [-0.15, -0.1) is 0 Å². The zero-order valence-electron chi connectivity index (χ0n) is 12.4. The number of anilines is 1. The summed E-state index contributed by atoms with van der Waals surface area (Å²) in [7, 11) is 1.58. The van der Waals surface area contributed by atoms with Gasteiger partial charge in [-0.2, -0.15) is 0 Å². The highest BCUT2D eigenvalue weighted by molar-refractivity contribution is 9.10. The molecule has 6 heteroatoms. The van der Waals surface area contributed by atoms with Gasteiger partial charge in [0.05, 0.1) is 11.6 Å². The smallest absolute Gasteiger partial charge is 0.250 e. The Bertz CT molecular complexity index is 562. The van der Waals surface area contributed by atoms with Crippen LogP contribution < -0.4 is 15.0 Å². The van der Waals surface area contributed by atoms with E-state index in [4.69, 9.17) is 4.74 Å². The Morgan fingerprint density at radius 3 is 2.76 bits per heavy atom. The number of carbonyl (C=O) groups is 2. The van der Waals surface area contributed by atoms with E-state index in [1.165, 1.54) is 4.90 Å². The number of benzene rings is 1. The van der Waals surface area contributed by atoms with Crippen LogP contribution in [-0.4, -0.2) is 31.5 Å². The van der Waals surface area contributed by atoms with Gasteiger partial charge in [-0.3, -0.25) is 9.59 Å². The van der Waals surface area contributed by atoms with Crippen LogP contribution in [0, 0.1) is 5.92 Å². The summed E-state index contributed by atoms with van der Waals surface area (Å²) in [6.07, 6.45) is 0.830. The number of methoxy groups -OCH3 is 1. The number of nitrogens with one attached hydrogen (secondary N) is 1. The van der Waals surface area contributed by atoms with E-state index < -0.39 is 6.04 Å². The molecule has 21 heavy (non-hydrogen) atoms. The fourth-order valence-electron chi connectivity index (χ4n) is 2.33. The van der Waals surface area contributed by atoms with Crippen molar-refractivity contribution in [3.63, 3.8) is 0 Å². The molecular weight excluding hydrogens is 336 g/mol. The second-order valence-electron chi connectivity index (χ2n) is 5.17. The number of ether oxygens (including phenoxy) is 1. The minimum atomic E-state index is -0.461. The van der Waals surface area contributed by atoms with Crippen molar-refractivity contribution in [2.75, 3.05) is 18.6 Å². The maximum absolute atomic E-state index is 12.6. The Labute approximate surface area is 132 Å². The van der Waals surface area contributed by atoms with Gasteiger partial charge >= 0.3 is 0 Å². The average molecular weight is 355 g/mol. The third kappa shape index (κ3) is 3.20. The molecule has 0 saturated carbocycles. The van der Waals surface area contributed by atoms with E-state index >= 15 is 0 Å². The Balaban J connectivity index is 2.31. The van der Waals surface area contributed by atoms with Crippen molar-refractivity contribution in [2.24, 2.45) is 5.92 Å². The minimum Gasteiger partial charge on any atom is -0.496 e. The quantitative estimate of drug-likeness (QED) is 0.902. The van der Waals surface area contributed by atoms with E-state index in [-0.39, 0.29) is 24.3 Å². The molecule has 5 nitrogen and oxygen atoms in total. The van der Waals surface area contributed by atoms with Gasteiger partial charge in [0.1, 0.15) is 18.3 Å². The van der Waals surface area contributed by atoms with Crippen LogP contribution in [-0.2, 0) is 9.59 Å². The number of nitrogens with zero attached hydrogens (tertiary/aromatic N) is 1. The van der Waals surface area contributed by atoms with Gasteiger partial charge in [0.25, 0.3) is 0 Å². The number of halogens is 1. The molecule has 1 aromatic rings. The first-order valence-corrected chi connectivity index (χ1v) is 7.71. The SMILES string of the molecule is CCC(C)C1NC(=O)CN(c2ccc(OC)c(Br)c2)C1=O. The third-order valence-corrected chi connectivity index (χ3v) is 4.43. The molecule has 0 spiro atoms. The van der Waals surface area contributed by atoms with Crippen molar-refractivity contribution in [1.29, 1.82) is 0 Å². The molecule has 2 atom stereocenters. The van der Waals surface area contributed by atoms with Crippen LogP contribution in [0.1, 0.15) is 20.3 Å². The summed E-state index contributed by atoms with van der Waals surface area (Å²) in [4.78, 5) is 26.0. The van der Waals surface area contributed by atoms with Gasteiger partial charge in [-0.1, -0.05) is 20.3 Å². The lowest BCUT2D eigenvalue weighted by Crippen LogP contribution is -2.60. The topological polar surface area (TPSA) is 58.6 Å². The first-order chi connectivity index (χ1) is 9.97. The predicted octanol–water partition coefficient (Wildman–Crippen LogP) is 2.34. The van der Waals surface area contributed by atoms with Crippen LogP contribution in [0.15, 0.2) is 22.7 Å². The summed E-state index contributed by atoms with van der Waals surface area (Å²) in [6, 6.07) is 4.89. The summed E-state index contributed by atoms with van der Waals surface area (Å²) < 4.78 is 5.93. The van der Waals surface area contributed by atoms with Crippen LogP contribution in [0.3, 0.4) is 0 Å². The number of hydrogen-bond acceptors (Lipinski definition) is 3. The molecule has 114 valence electrons. The van der Waals surface area contributed by atoms with Gasteiger partial charge in [-0.05, 0) is 40.0 Å². The Kier molecular flexibility index (Phi) is 4.88. The molecule has 0 aromatic heterocycles. The third-order valence-electron chi connectivity index (χ3n) is 3.81. The highest BCUT2D eigenvalue weighted by atomic mass is 79.9. The molecule has 1 N–H and O–H groups in total. The maximum atomic E-state index is 12.6. The lowest BCUT2D eigenvalue weighted by molar-refractivity contribution is -0.132. The summed E-state index contributed by atoms with van der Waals surface area (Å²) in [5.74, 6) is 0.588. The molecule has 0 bridgehead atoms. The Hall–Kier alpha value is -1.56. The van der Waals surface area contributed by atoms with Crippen molar-refractivity contribution in [3.8, 4) is 5.75 Å². The van der Waals surface area contributed by atoms with E-state index in [1.807, 2.05) is 13.8 Å². The zero-order valence-corrected chi connectivity index (χ0v) is 13.9. The lowest BCUT2D eigenvalue weighted by Gasteiger charge is -2.35. The normalized spacial score (nSPS) is 20.2. The Morgan fingerprint density at radius 1 is 1.48 bits per heavy atom. The highest BCUT2D eigenvalue weighted by Crippen LogP contribution is 2.30. The number of hydrogen-bond donors (Lipinski definition) is 1. The van der Waals surface area contributed by atoms with E-state index in [0.717, 1.165) is 10.9 Å². The first kappa shape index (κ1) is 15.8. The van der Waals surface area contributed by atoms with Crippen LogP contribution in [0.2, 0.25) is 0 Å². The van der Waals surface area contributed by atoms with Gasteiger partial charge < -0.3 is 15.0 Å². The molecule has 1 aromatic carbocycles. The Morgan fingerprint density at radius 2 is 2.19 bits per heavy atom. The molecular formula is C15H19BrN2O3. The summed E-state index contributed by atoms with van der Waals surface area (Å²) in [5, 5.41) is 2.79.